The number of carbonyl (C=O) groups excluding carboxylic acids is 2. The fourth-order valence-corrected chi connectivity index (χ4v) is 2.12. The van der Waals surface area contributed by atoms with Crippen molar-refractivity contribution < 1.29 is 14.3 Å². The summed E-state index contributed by atoms with van der Waals surface area (Å²) in [6.07, 6.45) is 1.05. The van der Waals surface area contributed by atoms with E-state index < -0.39 is 0 Å². The second kappa shape index (κ2) is 7.98. The Hall–Kier alpha value is -2.82. The van der Waals surface area contributed by atoms with Crippen molar-refractivity contribution in [2.75, 3.05) is 19.5 Å². The summed E-state index contributed by atoms with van der Waals surface area (Å²) in [6.45, 7) is 0. The van der Waals surface area contributed by atoms with Gasteiger partial charge in [-0.2, -0.15) is 0 Å². The van der Waals surface area contributed by atoms with E-state index in [1.807, 2.05) is 24.3 Å². The summed E-state index contributed by atoms with van der Waals surface area (Å²) in [4.78, 5) is 23.4. The van der Waals surface area contributed by atoms with Gasteiger partial charge in [0.1, 0.15) is 5.75 Å². The number of rotatable bonds is 6. The zero-order chi connectivity index (χ0) is 16.7. The van der Waals surface area contributed by atoms with Crippen molar-refractivity contribution in [1.29, 1.82) is 0 Å². The Labute approximate surface area is 135 Å². The number of anilines is 1. The Morgan fingerprint density at radius 1 is 1.00 bits per heavy atom. The molecule has 23 heavy (non-hydrogen) atoms. The molecule has 0 aliphatic carbocycles. The lowest BCUT2D eigenvalue weighted by molar-refractivity contribution is -0.116. The molecule has 0 heterocycles. The van der Waals surface area contributed by atoms with Crippen LogP contribution in [0, 0.1) is 0 Å². The average molecular weight is 312 g/mol. The second-order valence-electron chi connectivity index (χ2n) is 5.05. The summed E-state index contributed by atoms with van der Waals surface area (Å²) in [5.74, 6) is 0.588. The molecule has 120 valence electrons. The highest BCUT2D eigenvalue weighted by Crippen LogP contribution is 2.14. The van der Waals surface area contributed by atoms with Crippen molar-refractivity contribution in [2.24, 2.45) is 0 Å². The van der Waals surface area contributed by atoms with E-state index in [4.69, 9.17) is 4.74 Å². The van der Waals surface area contributed by atoms with Crippen LogP contribution in [-0.4, -0.2) is 26.0 Å². The first kappa shape index (κ1) is 16.5. The smallest absolute Gasteiger partial charge is 0.251 e. The summed E-state index contributed by atoms with van der Waals surface area (Å²) in [6, 6.07) is 14.4. The molecule has 0 bridgehead atoms. The molecule has 0 saturated heterocycles. The number of nitrogens with one attached hydrogen (secondary N) is 2. The van der Waals surface area contributed by atoms with Gasteiger partial charge in [-0.3, -0.25) is 9.59 Å². The third kappa shape index (κ3) is 4.85. The lowest BCUT2D eigenvalue weighted by Gasteiger charge is -2.07. The first-order valence-corrected chi connectivity index (χ1v) is 7.37. The third-order valence-corrected chi connectivity index (χ3v) is 3.46. The molecule has 0 aliphatic heterocycles. The van der Waals surface area contributed by atoms with E-state index in [1.165, 1.54) is 0 Å². The van der Waals surface area contributed by atoms with E-state index in [0.717, 1.165) is 11.3 Å². The molecule has 0 fully saturated rings. The molecule has 2 rings (SSSR count). The van der Waals surface area contributed by atoms with Gasteiger partial charge in [-0.25, -0.2) is 0 Å². The van der Waals surface area contributed by atoms with Gasteiger partial charge in [0.25, 0.3) is 5.91 Å². The van der Waals surface area contributed by atoms with E-state index in [2.05, 4.69) is 10.6 Å². The van der Waals surface area contributed by atoms with Crippen molar-refractivity contribution in [3.8, 4) is 5.75 Å². The molecule has 5 heteroatoms. The number of benzene rings is 2. The molecule has 0 saturated carbocycles. The normalized spacial score (nSPS) is 10.0. The Morgan fingerprint density at radius 2 is 1.65 bits per heavy atom. The topological polar surface area (TPSA) is 67.4 Å². The minimum atomic E-state index is -0.151. The number of ether oxygens (including phenoxy) is 1. The molecule has 0 radical (unpaired) electrons. The maximum absolute atomic E-state index is 12.0. The van der Waals surface area contributed by atoms with Gasteiger partial charge in [-0.15, -0.1) is 0 Å². The third-order valence-electron chi connectivity index (χ3n) is 3.46. The maximum atomic E-state index is 12.0. The number of carbonyl (C=O) groups is 2. The van der Waals surface area contributed by atoms with Gasteiger partial charge in [0.15, 0.2) is 0 Å². The van der Waals surface area contributed by atoms with E-state index in [-0.39, 0.29) is 11.8 Å². The average Bonchev–Trinajstić information content (AvgIpc) is 2.60. The highest BCUT2D eigenvalue weighted by molar-refractivity contribution is 5.95. The van der Waals surface area contributed by atoms with Crippen LogP contribution < -0.4 is 15.4 Å². The minimum absolute atomic E-state index is 0.0616. The van der Waals surface area contributed by atoms with Crippen molar-refractivity contribution in [2.45, 2.75) is 12.8 Å². The summed E-state index contributed by atoms with van der Waals surface area (Å²) in [7, 11) is 3.20. The number of amides is 2. The Kier molecular flexibility index (Phi) is 5.74. The molecular formula is C18H20N2O3. The number of hydrogen-bond donors (Lipinski definition) is 2. The molecule has 0 aromatic heterocycles. The minimum Gasteiger partial charge on any atom is -0.497 e. The van der Waals surface area contributed by atoms with Crippen molar-refractivity contribution in [3.05, 3.63) is 59.7 Å². The van der Waals surface area contributed by atoms with Crippen LogP contribution in [0.25, 0.3) is 0 Å². The lowest BCUT2D eigenvalue weighted by atomic mass is 10.1. The monoisotopic (exact) mass is 312 g/mol. The van der Waals surface area contributed by atoms with Crippen LogP contribution in [0.5, 0.6) is 5.75 Å². The van der Waals surface area contributed by atoms with E-state index in [1.54, 1.807) is 38.4 Å². The highest BCUT2D eigenvalue weighted by Gasteiger charge is 2.06. The van der Waals surface area contributed by atoms with Crippen molar-refractivity contribution in [1.82, 2.24) is 5.32 Å². The number of methoxy groups -OCH3 is 1. The highest BCUT2D eigenvalue weighted by atomic mass is 16.5. The summed E-state index contributed by atoms with van der Waals surface area (Å²) in [5, 5.41) is 5.38. The van der Waals surface area contributed by atoms with Crippen LogP contribution in [0.2, 0.25) is 0 Å². The van der Waals surface area contributed by atoms with Crippen molar-refractivity contribution in [3.63, 3.8) is 0 Å². The van der Waals surface area contributed by atoms with E-state index >= 15 is 0 Å². The zero-order valence-corrected chi connectivity index (χ0v) is 13.3. The molecular weight excluding hydrogens is 292 g/mol. The number of hydrogen-bond acceptors (Lipinski definition) is 3. The predicted octanol–water partition coefficient (Wildman–Crippen LogP) is 2.63. The largest absolute Gasteiger partial charge is 0.497 e. The van der Waals surface area contributed by atoms with Crippen molar-refractivity contribution >= 4 is 17.5 Å². The van der Waals surface area contributed by atoms with Crippen LogP contribution in [0.4, 0.5) is 5.69 Å². The van der Waals surface area contributed by atoms with Gasteiger partial charge in [0, 0.05) is 24.7 Å². The van der Waals surface area contributed by atoms with Gasteiger partial charge in [-0.1, -0.05) is 12.1 Å². The van der Waals surface area contributed by atoms with E-state index in [9.17, 15) is 9.59 Å². The fraction of sp³-hybridized carbons (Fsp3) is 0.222. The first-order chi connectivity index (χ1) is 11.1. The van der Waals surface area contributed by atoms with Crippen LogP contribution in [0.15, 0.2) is 48.5 Å². The molecule has 2 aromatic rings. The Bertz CT molecular complexity index is 664. The standard InChI is InChI=1S/C18H20N2O3/c1-19-18(22)14-6-8-15(9-7-14)20-17(21)12-5-13-3-10-16(23-2)11-4-13/h3-4,6-11H,5,12H2,1-2H3,(H,19,22)(H,20,21). The molecule has 2 aromatic carbocycles. The predicted molar refractivity (Wildman–Crippen MR) is 89.8 cm³/mol. The van der Waals surface area contributed by atoms with Crippen LogP contribution in [0.3, 0.4) is 0 Å². The molecule has 0 spiro atoms. The molecule has 0 atom stereocenters. The van der Waals surface area contributed by atoms with Crippen LogP contribution in [-0.2, 0) is 11.2 Å². The molecule has 0 aliphatic rings. The Balaban J connectivity index is 1.85. The molecule has 2 N–H and O–H groups in total. The van der Waals surface area contributed by atoms with Gasteiger partial charge in [0.05, 0.1) is 7.11 Å². The van der Waals surface area contributed by atoms with Gasteiger partial charge in [-0.05, 0) is 48.4 Å². The van der Waals surface area contributed by atoms with Gasteiger partial charge < -0.3 is 15.4 Å². The molecule has 0 unspecified atom stereocenters. The molecule has 5 nitrogen and oxygen atoms in total. The first-order valence-electron chi connectivity index (χ1n) is 7.37. The fourth-order valence-electron chi connectivity index (χ4n) is 2.12. The lowest BCUT2D eigenvalue weighted by Crippen LogP contribution is -2.18. The number of aryl methyl sites for hydroxylation is 1. The van der Waals surface area contributed by atoms with E-state index in [0.29, 0.717) is 24.1 Å². The van der Waals surface area contributed by atoms with Crippen LogP contribution in [0.1, 0.15) is 22.3 Å². The molecule has 2 amide bonds. The van der Waals surface area contributed by atoms with Crippen LogP contribution >= 0.6 is 0 Å². The summed E-state index contributed by atoms with van der Waals surface area (Å²) in [5.41, 5.74) is 2.32. The summed E-state index contributed by atoms with van der Waals surface area (Å²) < 4.78 is 5.10. The van der Waals surface area contributed by atoms with Gasteiger partial charge >= 0.3 is 0 Å². The SMILES string of the molecule is CNC(=O)c1ccc(NC(=O)CCc2ccc(OC)cc2)cc1. The maximum Gasteiger partial charge on any atom is 0.251 e. The summed E-state index contributed by atoms with van der Waals surface area (Å²) >= 11 is 0. The Morgan fingerprint density at radius 3 is 2.22 bits per heavy atom. The quantitative estimate of drug-likeness (QED) is 0.861. The second-order valence-corrected chi connectivity index (χ2v) is 5.05. The van der Waals surface area contributed by atoms with Gasteiger partial charge in [0.2, 0.25) is 5.91 Å². The zero-order valence-electron chi connectivity index (χ0n) is 13.3.